The van der Waals surface area contributed by atoms with Crippen molar-refractivity contribution in [2.75, 3.05) is 17.7 Å². The maximum atomic E-state index is 13.3. The van der Waals surface area contributed by atoms with Gasteiger partial charge in [0, 0.05) is 12.7 Å². The summed E-state index contributed by atoms with van der Waals surface area (Å²) in [4.78, 5) is 14.2. The number of anilines is 1. The Balaban J connectivity index is 1.78. The maximum Gasteiger partial charge on any atom is 0.236 e. The molecular weight excluding hydrogens is 364 g/mol. The highest BCUT2D eigenvalue weighted by Gasteiger charge is 2.19. The molecule has 3 aromatic rings. The second-order valence-electron chi connectivity index (χ2n) is 6.08. The largest absolute Gasteiger partial charge is 0.315 e. The Morgan fingerprint density at radius 2 is 1.33 bits per heavy atom. The monoisotopic (exact) mass is 383 g/mol. The molecule has 3 aromatic carbocycles. The van der Waals surface area contributed by atoms with Gasteiger partial charge in [0.2, 0.25) is 5.91 Å². The van der Waals surface area contributed by atoms with E-state index in [9.17, 15) is 13.6 Å². The van der Waals surface area contributed by atoms with E-state index in [4.69, 9.17) is 0 Å². The minimum atomic E-state index is -0.318. The van der Waals surface area contributed by atoms with Gasteiger partial charge < -0.3 is 4.90 Å². The maximum absolute atomic E-state index is 13.3. The molecule has 0 unspecified atom stereocenters. The third-order valence-electron chi connectivity index (χ3n) is 4.24. The van der Waals surface area contributed by atoms with Crippen LogP contribution >= 0.6 is 11.8 Å². The van der Waals surface area contributed by atoms with Crippen LogP contribution in [0, 0.1) is 11.6 Å². The zero-order valence-corrected chi connectivity index (χ0v) is 15.6. The molecule has 138 valence electrons. The molecule has 0 fully saturated rings. The summed E-state index contributed by atoms with van der Waals surface area (Å²) in [5, 5.41) is -0.195. The molecule has 0 bridgehead atoms. The lowest BCUT2D eigenvalue weighted by Crippen LogP contribution is -2.28. The summed E-state index contributed by atoms with van der Waals surface area (Å²) in [5.74, 6) is -0.437. The highest BCUT2D eigenvalue weighted by molar-refractivity contribution is 8.00. The number of hydrogen-bond acceptors (Lipinski definition) is 2. The fourth-order valence-corrected chi connectivity index (χ4v) is 3.91. The summed E-state index contributed by atoms with van der Waals surface area (Å²) in [6, 6.07) is 21.8. The summed E-state index contributed by atoms with van der Waals surface area (Å²) < 4.78 is 26.6. The van der Waals surface area contributed by atoms with Gasteiger partial charge in [-0.25, -0.2) is 8.78 Å². The van der Waals surface area contributed by atoms with Crippen molar-refractivity contribution < 1.29 is 13.6 Å². The standard InChI is InChI=1S/C22H19F2NOS/c1-25(20-5-3-2-4-6-20)21(26)15-27-22(16-7-11-18(23)12-8-16)17-9-13-19(24)14-10-17/h2-14,22H,15H2,1H3. The van der Waals surface area contributed by atoms with E-state index in [1.54, 1.807) is 36.2 Å². The number of thioether (sulfide) groups is 1. The van der Waals surface area contributed by atoms with Gasteiger partial charge in [0.15, 0.2) is 0 Å². The lowest BCUT2D eigenvalue weighted by molar-refractivity contribution is -0.115. The number of hydrogen-bond donors (Lipinski definition) is 0. The van der Waals surface area contributed by atoms with Crippen molar-refractivity contribution >= 4 is 23.4 Å². The molecule has 27 heavy (non-hydrogen) atoms. The van der Waals surface area contributed by atoms with Crippen molar-refractivity contribution in [2.24, 2.45) is 0 Å². The van der Waals surface area contributed by atoms with Crippen LogP contribution in [0.25, 0.3) is 0 Å². The van der Waals surface area contributed by atoms with Crippen LogP contribution in [0.2, 0.25) is 0 Å². The van der Waals surface area contributed by atoms with Crippen molar-refractivity contribution in [3.05, 3.63) is 102 Å². The smallest absolute Gasteiger partial charge is 0.236 e. The van der Waals surface area contributed by atoms with Crippen molar-refractivity contribution in [3.63, 3.8) is 0 Å². The Bertz CT molecular complexity index is 837. The first kappa shape index (κ1) is 19.1. The van der Waals surface area contributed by atoms with Crippen LogP contribution in [-0.4, -0.2) is 18.7 Å². The van der Waals surface area contributed by atoms with Crippen LogP contribution in [0.5, 0.6) is 0 Å². The highest BCUT2D eigenvalue weighted by Crippen LogP contribution is 2.36. The number of para-hydroxylation sites is 1. The van der Waals surface area contributed by atoms with E-state index in [-0.39, 0.29) is 28.5 Å². The number of rotatable bonds is 6. The highest BCUT2D eigenvalue weighted by atomic mass is 32.2. The minimum absolute atomic E-state index is 0.0413. The minimum Gasteiger partial charge on any atom is -0.315 e. The molecule has 5 heteroatoms. The molecule has 0 saturated carbocycles. The first-order chi connectivity index (χ1) is 13.0. The SMILES string of the molecule is CN(C(=O)CSC(c1ccc(F)cc1)c1ccc(F)cc1)c1ccccc1. The Morgan fingerprint density at radius 3 is 1.81 bits per heavy atom. The molecule has 0 aliphatic heterocycles. The van der Waals surface area contributed by atoms with Crippen LogP contribution in [0.15, 0.2) is 78.9 Å². The van der Waals surface area contributed by atoms with Gasteiger partial charge in [0.05, 0.1) is 11.0 Å². The van der Waals surface area contributed by atoms with Crippen molar-refractivity contribution in [1.29, 1.82) is 0 Å². The van der Waals surface area contributed by atoms with E-state index in [0.717, 1.165) is 16.8 Å². The molecule has 0 aromatic heterocycles. The number of carbonyl (C=O) groups excluding carboxylic acids is 1. The summed E-state index contributed by atoms with van der Waals surface area (Å²) in [6.07, 6.45) is 0. The predicted octanol–water partition coefficient (Wildman–Crippen LogP) is 5.45. The fraction of sp³-hybridized carbons (Fsp3) is 0.136. The van der Waals surface area contributed by atoms with Gasteiger partial charge in [-0.15, -0.1) is 11.8 Å². The Labute approximate surface area is 161 Å². The van der Waals surface area contributed by atoms with Crippen molar-refractivity contribution in [2.45, 2.75) is 5.25 Å². The summed E-state index contributed by atoms with van der Waals surface area (Å²) in [7, 11) is 1.74. The zero-order chi connectivity index (χ0) is 19.2. The van der Waals surface area contributed by atoms with E-state index in [1.807, 2.05) is 30.3 Å². The molecule has 3 rings (SSSR count). The van der Waals surface area contributed by atoms with E-state index >= 15 is 0 Å². The number of amides is 1. The zero-order valence-electron chi connectivity index (χ0n) is 14.8. The molecule has 0 heterocycles. The lowest BCUT2D eigenvalue weighted by Gasteiger charge is -2.21. The van der Waals surface area contributed by atoms with E-state index in [2.05, 4.69) is 0 Å². The predicted molar refractivity (Wildman–Crippen MR) is 107 cm³/mol. The van der Waals surface area contributed by atoms with Gasteiger partial charge in [0.25, 0.3) is 0 Å². The van der Waals surface area contributed by atoms with Gasteiger partial charge in [-0.2, -0.15) is 0 Å². The average Bonchev–Trinajstić information content (AvgIpc) is 2.70. The number of nitrogens with zero attached hydrogens (tertiary/aromatic N) is 1. The molecule has 0 aliphatic rings. The van der Waals surface area contributed by atoms with Crippen LogP contribution in [0.1, 0.15) is 16.4 Å². The van der Waals surface area contributed by atoms with Crippen LogP contribution in [0.3, 0.4) is 0 Å². The van der Waals surface area contributed by atoms with Crippen molar-refractivity contribution in [1.82, 2.24) is 0 Å². The molecule has 0 aliphatic carbocycles. The lowest BCUT2D eigenvalue weighted by atomic mass is 10.0. The average molecular weight is 383 g/mol. The van der Waals surface area contributed by atoms with Gasteiger partial charge in [-0.3, -0.25) is 4.79 Å². The second-order valence-corrected chi connectivity index (χ2v) is 7.18. The van der Waals surface area contributed by atoms with Gasteiger partial charge in [-0.05, 0) is 47.5 Å². The molecule has 0 radical (unpaired) electrons. The van der Waals surface area contributed by atoms with Gasteiger partial charge in [0.1, 0.15) is 11.6 Å². The van der Waals surface area contributed by atoms with E-state index < -0.39 is 0 Å². The number of benzene rings is 3. The summed E-state index contributed by atoms with van der Waals surface area (Å²) in [5.41, 5.74) is 2.55. The normalized spacial score (nSPS) is 10.8. The molecule has 0 saturated heterocycles. The third-order valence-corrected chi connectivity index (χ3v) is 5.53. The molecule has 0 spiro atoms. The fourth-order valence-electron chi connectivity index (χ4n) is 2.71. The van der Waals surface area contributed by atoms with E-state index in [1.165, 1.54) is 36.0 Å². The molecule has 2 nitrogen and oxygen atoms in total. The van der Waals surface area contributed by atoms with Crippen LogP contribution < -0.4 is 4.90 Å². The molecular formula is C22H19F2NOS. The van der Waals surface area contributed by atoms with Crippen molar-refractivity contribution in [3.8, 4) is 0 Å². The topological polar surface area (TPSA) is 20.3 Å². The Hall–Kier alpha value is -2.66. The summed E-state index contributed by atoms with van der Waals surface area (Å²) >= 11 is 1.43. The van der Waals surface area contributed by atoms with E-state index in [0.29, 0.717) is 0 Å². The van der Waals surface area contributed by atoms with Gasteiger partial charge >= 0.3 is 0 Å². The van der Waals surface area contributed by atoms with Crippen LogP contribution in [0.4, 0.5) is 14.5 Å². The molecule has 1 amide bonds. The molecule has 0 atom stereocenters. The Morgan fingerprint density at radius 1 is 0.852 bits per heavy atom. The third kappa shape index (κ3) is 4.95. The number of carbonyl (C=O) groups is 1. The second kappa shape index (κ2) is 8.82. The Kier molecular flexibility index (Phi) is 6.24. The summed E-state index contributed by atoms with van der Waals surface area (Å²) in [6.45, 7) is 0. The quantitative estimate of drug-likeness (QED) is 0.564. The van der Waals surface area contributed by atoms with Gasteiger partial charge in [-0.1, -0.05) is 42.5 Å². The first-order valence-corrected chi connectivity index (χ1v) is 9.53. The molecule has 0 N–H and O–H groups in total. The van der Waals surface area contributed by atoms with Crippen LogP contribution in [-0.2, 0) is 4.79 Å². The number of halogens is 2. The first-order valence-electron chi connectivity index (χ1n) is 8.49.